The van der Waals surface area contributed by atoms with Gasteiger partial charge in [-0.1, -0.05) is 24.3 Å². The Balaban J connectivity index is 2.12. The van der Waals surface area contributed by atoms with E-state index in [-0.39, 0.29) is 0 Å². The predicted octanol–water partition coefficient (Wildman–Crippen LogP) is -0.270. The van der Waals surface area contributed by atoms with Gasteiger partial charge in [0, 0.05) is 29.9 Å². The maximum atomic E-state index is 11.7. The fourth-order valence-corrected chi connectivity index (χ4v) is 3.14. The number of rotatable bonds is 3. The summed E-state index contributed by atoms with van der Waals surface area (Å²) in [6.45, 7) is 0. The monoisotopic (exact) mass is 315 g/mol. The third-order valence-corrected chi connectivity index (χ3v) is 4.27. The maximum absolute atomic E-state index is 11.7. The van der Waals surface area contributed by atoms with Crippen molar-refractivity contribution in [2.24, 2.45) is 10.7 Å². The van der Waals surface area contributed by atoms with Gasteiger partial charge >= 0.3 is 0 Å². The first-order valence-corrected chi connectivity index (χ1v) is 7.65. The van der Waals surface area contributed by atoms with E-state index in [0.29, 0.717) is 11.3 Å². The number of fused-ring (bicyclic) bond motifs is 2. The first kappa shape index (κ1) is 14.4. The Bertz CT molecular complexity index is 870. The molecule has 0 bridgehead atoms. The van der Waals surface area contributed by atoms with Crippen molar-refractivity contribution < 1.29 is 13.6 Å². The highest BCUT2D eigenvalue weighted by molar-refractivity contribution is 7.80. The highest BCUT2D eigenvalue weighted by Gasteiger charge is 2.33. The molecule has 1 aromatic rings. The molecule has 0 radical (unpaired) electrons. The molecule has 1 amide bonds. The summed E-state index contributed by atoms with van der Waals surface area (Å²) in [6, 6.07) is 7.55. The van der Waals surface area contributed by atoms with Crippen LogP contribution in [-0.2, 0) is 15.9 Å². The van der Waals surface area contributed by atoms with Crippen molar-refractivity contribution in [1.82, 2.24) is 4.90 Å². The number of nitrogens with two attached hydrogens (primary N) is 1. The van der Waals surface area contributed by atoms with Crippen molar-refractivity contribution in [3.8, 4) is 0 Å². The third kappa shape index (κ3) is 2.63. The van der Waals surface area contributed by atoms with E-state index >= 15 is 0 Å². The second-order valence-electron chi connectivity index (χ2n) is 4.80. The molecule has 2 unspecified atom stereocenters. The zero-order valence-electron chi connectivity index (χ0n) is 11.4. The van der Waals surface area contributed by atoms with Gasteiger partial charge in [0.25, 0.3) is 0 Å². The normalized spacial score (nSPS) is 21.0. The molecule has 3 rings (SSSR count). The minimum atomic E-state index is -2.14. The molecule has 0 saturated carbocycles. The Morgan fingerprint density at radius 2 is 2.14 bits per heavy atom. The van der Waals surface area contributed by atoms with E-state index in [2.05, 4.69) is 4.99 Å². The van der Waals surface area contributed by atoms with Gasteiger partial charge in [-0.15, -0.1) is 0 Å². The molecule has 7 heteroatoms. The SMILES string of the molecule is NC(=O)C=CC1=CN2C=c3ccccc3=NC=C2C1S(=O)O. The van der Waals surface area contributed by atoms with E-state index in [0.717, 1.165) is 10.6 Å². The van der Waals surface area contributed by atoms with E-state index in [1.165, 1.54) is 12.2 Å². The van der Waals surface area contributed by atoms with E-state index in [4.69, 9.17) is 5.73 Å². The zero-order chi connectivity index (χ0) is 15.7. The van der Waals surface area contributed by atoms with Crippen LogP contribution < -0.4 is 16.3 Å². The first-order valence-electron chi connectivity index (χ1n) is 6.48. The fraction of sp³-hybridized carbons (Fsp3) is 0.0667. The molecule has 0 fully saturated rings. The largest absolute Gasteiger partial charge is 0.366 e. The van der Waals surface area contributed by atoms with Crippen molar-refractivity contribution in [2.45, 2.75) is 5.25 Å². The van der Waals surface area contributed by atoms with Gasteiger partial charge in [0.15, 0.2) is 11.1 Å². The van der Waals surface area contributed by atoms with Gasteiger partial charge in [0.1, 0.15) is 5.25 Å². The molecule has 6 nitrogen and oxygen atoms in total. The number of primary amides is 1. The van der Waals surface area contributed by atoms with Crippen LogP contribution in [0.15, 0.2) is 65.1 Å². The Morgan fingerprint density at radius 1 is 1.36 bits per heavy atom. The Morgan fingerprint density at radius 3 is 2.86 bits per heavy atom. The van der Waals surface area contributed by atoms with E-state index in [9.17, 15) is 13.6 Å². The van der Waals surface area contributed by atoms with Crippen molar-refractivity contribution in [1.29, 1.82) is 0 Å². The van der Waals surface area contributed by atoms with Crippen LogP contribution in [0, 0.1) is 0 Å². The fourth-order valence-electron chi connectivity index (χ4n) is 2.38. The molecule has 3 N–H and O–H groups in total. The first-order chi connectivity index (χ1) is 10.6. The van der Waals surface area contributed by atoms with Crippen LogP contribution in [0.2, 0.25) is 0 Å². The van der Waals surface area contributed by atoms with Crippen molar-refractivity contribution in [3.05, 3.63) is 70.7 Å². The van der Waals surface area contributed by atoms with E-state index < -0.39 is 22.2 Å². The molecule has 22 heavy (non-hydrogen) atoms. The van der Waals surface area contributed by atoms with Gasteiger partial charge in [0.2, 0.25) is 5.91 Å². The van der Waals surface area contributed by atoms with Crippen LogP contribution in [0.4, 0.5) is 0 Å². The minimum Gasteiger partial charge on any atom is -0.366 e. The number of carbonyl (C=O) groups is 1. The van der Waals surface area contributed by atoms with Gasteiger partial charge in [-0.05, 0) is 11.6 Å². The van der Waals surface area contributed by atoms with E-state index in [1.807, 2.05) is 30.5 Å². The molecule has 2 aliphatic rings. The molecule has 0 spiro atoms. The summed E-state index contributed by atoms with van der Waals surface area (Å²) >= 11 is -2.14. The molecule has 2 aliphatic heterocycles. The number of allylic oxidation sites excluding steroid dienone is 1. The van der Waals surface area contributed by atoms with Crippen LogP contribution >= 0.6 is 0 Å². The van der Waals surface area contributed by atoms with Gasteiger partial charge in [-0.2, -0.15) is 0 Å². The van der Waals surface area contributed by atoms with Crippen molar-refractivity contribution in [3.63, 3.8) is 0 Å². The molecule has 1 aromatic carbocycles. The number of amides is 1. The summed E-state index contributed by atoms with van der Waals surface area (Å²) in [4.78, 5) is 17.0. The second-order valence-corrected chi connectivity index (χ2v) is 5.82. The molecular formula is C15H13N3O3S. The van der Waals surface area contributed by atoms with Gasteiger partial charge in [-0.25, -0.2) is 4.21 Å². The van der Waals surface area contributed by atoms with E-state index in [1.54, 1.807) is 17.3 Å². The molecule has 2 atom stereocenters. The number of hydrogen-bond donors (Lipinski definition) is 2. The molecule has 0 aromatic heterocycles. The van der Waals surface area contributed by atoms with Gasteiger partial charge in [0.05, 0.1) is 11.1 Å². The zero-order valence-corrected chi connectivity index (χ0v) is 12.2. The lowest BCUT2D eigenvalue weighted by Crippen LogP contribution is -2.25. The smallest absolute Gasteiger partial charge is 0.241 e. The number of nitrogens with zero attached hydrogens (tertiary/aromatic N) is 2. The highest BCUT2D eigenvalue weighted by atomic mass is 32.2. The van der Waals surface area contributed by atoms with Crippen LogP contribution in [0.5, 0.6) is 0 Å². The topological polar surface area (TPSA) is 96.0 Å². The quantitative estimate of drug-likeness (QED) is 0.593. The van der Waals surface area contributed by atoms with Gasteiger partial charge < -0.3 is 15.2 Å². The second kappa shape index (κ2) is 5.70. The maximum Gasteiger partial charge on any atom is 0.241 e. The Labute approximate surface area is 128 Å². The Hall–Kier alpha value is -2.51. The average molecular weight is 315 g/mol. The molecule has 2 heterocycles. The van der Waals surface area contributed by atoms with Crippen molar-refractivity contribution in [2.75, 3.05) is 0 Å². The van der Waals surface area contributed by atoms with Crippen LogP contribution in [0.1, 0.15) is 0 Å². The average Bonchev–Trinajstić information content (AvgIpc) is 2.72. The van der Waals surface area contributed by atoms with Crippen molar-refractivity contribution >= 4 is 23.2 Å². The lowest BCUT2D eigenvalue weighted by atomic mass is 10.2. The summed E-state index contributed by atoms with van der Waals surface area (Å²) < 4.78 is 21.3. The lowest BCUT2D eigenvalue weighted by Gasteiger charge is -2.15. The lowest BCUT2D eigenvalue weighted by molar-refractivity contribution is -0.113. The molecule has 0 saturated heterocycles. The Kier molecular flexibility index (Phi) is 3.74. The highest BCUT2D eigenvalue weighted by Crippen LogP contribution is 2.31. The number of benzene rings is 1. The summed E-state index contributed by atoms with van der Waals surface area (Å²) in [5, 5.41) is 0.909. The molecular weight excluding hydrogens is 302 g/mol. The summed E-state index contributed by atoms with van der Waals surface area (Å²) in [5.74, 6) is -0.613. The molecule has 112 valence electrons. The third-order valence-electron chi connectivity index (χ3n) is 3.35. The summed E-state index contributed by atoms with van der Waals surface area (Å²) in [7, 11) is 0. The van der Waals surface area contributed by atoms with Crippen LogP contribution in [0.25, 0.3) is 6.20 Å². The summed E-state index contributed by atoms with van der Waals surface area (Å²) in [6.07, 6.45) is 7.73. The molecule has 0 aliphatic carbocycles. The van der Waals surface area contributed by atoms with Crippen LogP contribution in [-0.4, -0.2) is 24.8 Å². The standard InChI is InChI=1S/C15H13N3O3S/c16-14(19)6-5-11-9-18-8-10-3-1-2-4-12(10)17-7-13(18)15(11)22(20)21/h1-9,15H,(H2,16,19)(H,20,21). The van der Waals surface area contributed by atoms with Crippen LogP contribution in [0.3, 0.4) is 0 Å². The number of hydrogen-bond acceptors (Lipinski definition) is 4. The predicted molar refractivity (Wildman–Crippen MR) is 82.6 cm³/mol. The summed E-state index contributed by atoms with van der Waals surface area (Å²) in [5.41, 5.74) is 6.18. The minimum absolute atomic E-state index is 0.525. The number of carbonyl (C=O) groups excluding carboxylic acids is 1. The van der Waals surface area contributed by atoms with Gasteiger partial charge in [-0.3, -0.25) is 9.79 Å². The number of para-hydroxylation sites is 1.